The molecule has 0 rings (SSSR count). The van der Waals surface area contributed by atoms with Gasteiger partial charge >= 0.3 is 17.9 Å². The summed E-state index contributed by atoms with van der Waals surface area (Å²) in [4.78, 5) is 37.4. The molecule has 0 aliphatic carbocycles. The van der Waals surface area contributed by atoms with Crippen LogP contribution in [0.4, 0.5) is 0 Å². The summed E-state index contributed by atoms with van der Waals surface area (Å²) in [6.07, 6.45) is 82.9. The fourth-order valence-corrected chi connectivity index (χ4v) is 7.03. The molecule has 1 N–H and O–H groups in total. The van der Waals surface area contributed by atoms with Gasteiger partial charge < -0.3 is 28.5 Å². The monoisotopic (exact) mass is 1060 g/mol. The van der Waals surface area contributed by atoms with Gasteiger partial charge in [-0.1, -0.05) is 210 Å². The highest BCUT2D eigenvalue weighted by atomic mass is 16.7. The summed E-state index contributed by atoms with van der Waals surface area (Å²) in [6.45, 7) is 4.55. The number of likely N-dealkylation sites (N-methyl/N-ethyl adjacent to an activating group) is 1. The van der Waals surface area contributed by atoms with Crippen LogP contribution in [0, 0.1) is 0 Å². The van der Waals surface area contributed by atoms with Crippen molar-refractivity contribution in [1.82, 2.24) is 0 Å². The summed E-state index contributed by atoms with van der Waals surface area (Å²) in [5, 5.41) is 9.71. The molecule has 2 unspecified atom stereocenters. The van der Waals surface area contributed by atoms with E-state index in [0.29, 0.717) is 23.9 Å². The van der Waals surface area contributed by atoms with Crippen molar-refractivity contribution in [1.29, 1.82) is 0 Å². The molecule has 0 heterocycles. The van der Waals surface area contributed by atoms with Gasteiger partial charge in [0.25, 0.3) is 6.29 Å². The van der Waals surface area contributed by atoms with E-state index < -0.39 is 24.3 Å². The van der Waals surface area contributed by atoms with E-state index in [1.165, 1.54) is 0 Å². The zero-order valence-corrected chi connectivity index (χ0v) is 48.8. The van der Waals surface area contributed by atoms with Crippen molar-refractivity contribution in [2.75, 3.05) is 47.5 Å². The number of rotatable bonds is 51. The highest BCUT2D eigenvalue weighted by Gasteiger charge is 2.25. The number of carbonyl (C=O) groups is 3. The summed E-state index contributed by atoms with van der Waals surface area (Å²) in [7, 11) is 5.93. The number of ether oxygens (including phenoxy) is 4. The first-order chi connectivity index (χ1) is 37.6. The number of carboxylic acid groups (broad SMARTS) is 1. The van der Waals surface area contributed by atoms with Crippen LogP contribution >= 0.6 is 0 Å². The van der Waals surface area contributed by atoms with Crippen molar-refractivity contribution in [3.8, 4) is 0 Å². The second kappa shape index (κ2) is 56.8. The van der Waals surface area contributed by atoms with E-state index >= 15 is 0 Å². The third-order valence-electron chi connectivity index (χ3n) is 11.5. The summed E-state index contributed by atoms with van der Waals surface area (Å²) >= 11 is 0. The van der Waals surface area contributed by atoms with Gasteiger partial charge in [-0.2, -0.15) is 0 Å². The second-order valence-corrected chi connectivity index (χ2v) is 19.8. The Balaban J connectivity index is 4.42. The molecule has 0 saturated heterocycles. The average molecular weight is 1070 g/mol. The first kappa shape index (κ1) is 71.7. The Kier molecular flexibility index (Phi) is 52.9. The molecule has 0 fully saturated rings. The number of unbranched alkanes of at least 4 members (excludes halogenated alkanes) is 8. The van der Waals surface area contributed by atoms with Gasteiger partial charge in [-0.05, 0) is 128 Å². The first-order valence-electron chi connectivity index (χ1n) is 29.3. The number of esters is 2. The van der Waals surface area contributed by atoms with E-state index in [1.54, 1.807) is 0 Å². The summed E-state index contributed by atoms with van der Waals surface area (Å²) in [6, 6.07) is 0. The van der Waals surface area contributed by atoms with Gasteiger partial charge in [0.05, 0.1) is 34.4 Å². The minimum absolute atomic E-state index is 0.166. The standard InChI is InChI=1S/C68H105NO8/c1-6-8-10-12-14-16-18-20-22-24-26-28-29-30-31-32-33-34-35-36-37-39-41-43-45-47-49-51-53-55-57-59-66(71)77-64(63-76-68(67(72)73)74-61-60-69(3,4)5)62-75-65(70)58-56-54-52-50-48-46-44-42-40-38-27-25-23-21-19-17-15-13-11-9-7-2/h8-11,14-17,20-23,26-28,30-31,33-34,36-38,41-44,47,49,64,68H,6-7,12-13,18-19,24-25,29,32,35,39-40,45-46,48,50-63H2,1-5H3/p+1/b10-8-,11-9-,16-14-,17-15-,22-20-,23-21-,28-26-,31-30-,34-33-,37-36-,38-27-,43-41-,44-42-,49-47-. The van der Waals surface area contributed by atoms with Crippen LogP contribution in [0.5, 0.6) is 0 Å². The number of hydrogen-bond donors (Lipinski definition) is 1. The Morgan fingerprint density at radius 2 is 0.701 bits per heavy atom. The fraction of sp³-hybridized carbons (Fsp3) is 0.544. The van der Waals surface area contributed by atoms with E-state index in [-0.39, 0.29) is 38.6 Å². The van der Waals surface area contributed by atoms with Crippen LogP contribution in [-0.2, 0) is 33.3 Å². The molecular formula is C68H106NO8+. The number of aliphatic carboxylic acids is 1. The molecule has 2 atom stereocenters. The third kappa shape index (κ3) is 58.2. The molecule has 0 saturated carbocycles. The Morgan fingerprint density at radius 1 is 0.390 bits per heavy atom. The summed E-state index contributed by atoms with van der Waals surface area (Å²) in [5.74, 6) is -2.10. The van der Waals surface area contributed by atoms with E-state index in [4.69, 9.17) is 18.9 Å². The normalized spacial score (nSPS) is 14.0. The van der Waals surface area contributed by atoms with E-state index in [0.717, 1.165) is 141 Å². The van der Waals surface area contributed by atoms with Crippen molar-refractivity contribution in [2.45, 2.75) is 193 Å². The third-order valence-corrected chi connectivity index (χ3v) is 11.5. The first-order valence-corrected chi connectivity index (χ1v) is 29.3. The second-order valence-electron chi connectivity index (χ2n) is 19.8. The SMILES string of the molecule is CC/C=C\C/C=C\C/C=C\C/C=C\C/C=C\C/C=C\C/C=C\C/C=C\C/C=C\CCCCCC(=O)OC(COC(=O)CCCCCCC/C=C\C/C=C\C/C=C\C/C=C\C/C=C\CC)COC(OCC[N+](C)(C)C)C(=O)O. The summed E-state index contributed by atoms with van der Waals surface area (Å²) in [5.41, 5.74) is 0. The molecule has 430 valence electrons. The van der Waals surface area contributed by atoms with Crippen LogP contribution in [0.1, 0.15) is 181 Å². The lowest BCUT2D eigenvalue weighted by molar-refractivity contribution is -0.870. The number of allylic oxidation sites excluding steroid dienone is 28. The molecule has 0 aliphatic heterocycles. The van der Waals surface area contributed by atoms with Gasteiger partial charge in [-0.15, -0.1) is 0 Å². The molecule has 0 aliphatic rings. The predicted molar refractivity (Wildman–Crippen MR) is 326 cm³/mol. The number of carboxylic acids is 1. The molecular weight excluding hydrogens is 959 g/mol. The molecule has 0 aromatic rings. The minimum Gasteiger partial charge on any atom is -0.477 e. The molecule has 0 bridgehead atoms. The zero-order chi connectivity index (χ0) is 56.2. The van der Waals surface area contributed by atoms with Crippen molar-refractivity contribution >= 4 is 17.9 Å². The van der Waals surface area contributed by atoms with Crippen molar-refractivity contribution < 1.29 is 42.9 Å². The molecule has 0 aromatic heterocycles. The Labute approximate surface area is 469 Å². The predicted octanol–water partition coefficient (Wildman–Crippen LogP) is 17.6. The number of quaternary nitrogens is 1. The van der Waals surface area contributed by atoms with Crippen LogP contribution in [0.2, 0.25) is 0 Å². The van der Waals surface area contributed by atoms with E-state index in [9.17, 15) is 19.5 Å². The van der Waals surface area contributed by atoms with Crippen molar-refractivity contribution in [3.05, 3.63) is 170 Å². The fourth-order valence-electron chi connectivity index (χ4n) is 7.03. The van der Waals surface area contributed by atoms with Gasteiger partial charge in [0.1, 0.15) is 13.2 Å². The van der Waals surface area contributed by atoms with Crippen LogP contribution in [0.3, 0.4) is 0 Å². The molecule has 0 radical (unpaired) electrons. The molecule has 0 aromatic carbocycles. The van der Waals surface area contributed by atoms with E-state index in [2.05, 4.69) is 184 Å². The van der Waals surface area contributed by atoms with Crippen LogP contribution in [0.25, 0.3) is 0 Å². The van der Waals surface area contributed by atoms with Crippen molar-refractivity contribution in [3.63, 3.8) is 0 Å². The zero-order valence-electron chi connectivity index (χ0n) is 48.8. The Bertz CT molecular complexity index is 1860. The molecule has 9 heteroatoms. The summed E-state index contributed by atoms with van der Waals surface area (Å²) < 4.78 is 22.8. The van der Waals surface area contributed by atoms with Gasteiger partial charge in [-0.25, -0.2) is 4.79 Å². The largest absolute Gasteiger partial charge is 0.477 e. The van der Waals surface area contributed by atoms with E-state index in [1.807, 2.05) is 21.1 Å². The highest BCUT2D eigenvalue weighted by molar-refractivity contribution is 5.71. The van der Waals surface area contributed by atoms with Gasteiger partial charge in [0, 0.05) is 12.8 Å². The quantitative estimate of drug-likeness (QED) is 0.0211. The number of carbonyl (C=O) groups excluding carboxylic acids is 2. The molecule has 77 heavy (non-hydrogen) atoms. The number of nitrogens with zero attached hydrogens (tertiary/aromatic N) is 1. The average Bonchev–Trinajstić information content (AvgIpc) is 3.40. The van der Waals surface area contributed by atoms with Gasteiger partial charge in [0.15, 0.2) is 6.10 Å². The topological polar surface area (TPSA) is 108 Å². The Morgan fingerprint density at radius 3 is 1.05 bits per heavy atom. The van der Waals surface area contributed by atoms with Gasteiger partial charge in [-0.3, -0.25) is 9.59 Å². The number of hydrogen-bond acceptors (Lipinski definition) is 7. The van der Waals surface area contributed by atoms with Crippen LogP contribution < -0.4 is 0 Å². The lowest BCUT2D eigenvalue weighted by Crippen LogP contribution is -2.40. The molecule has 0 amide bonds. The molecule has 0 spiro atoms. The Hall–Kier alpha value is -5.35. The minimum atomic E-state index is -1.54. The van der Waals surface area contributed by atoms with Crippen LogP contribution in [-0.4, -0.2) is 87.4 Å². The lowest BCUT2D eigenvalue weighted by Gasteiger charge is -2.25. The highest BCUT2D eigenvalue weighted by Crippen LogP contribution is 2.12. The lowest BCUT2D eigenvalue weighted by atomic mass is 10.1. The smallest absolute Gasteiger partial charge is 0.361 e. The maximum atomic E-state index is 12.9. The van der Waals surface area contributed by atoms with Gasteiger partial charge in [0.2, 0.25) is 0 Å². The maximum absolute atomic E-state index is 12.9. The maximum Gasteiger partial charge on any atom is 0.361 e. The molecule has 9 nitrogen and oxygen atoms in total. The van der Waals surface area contributed by atoms with Crippen molar-refractivity contribution in [2.24, 2.45) is 0 Å². The van der Waals surface area contributed by atoms with Crippen LogP contribution in [0.15, 0.2) is 170 Å².